The molecule has 0 bridgehead atoms. The molecule has 408 valence electrons. The number of aliphatic hydroxyl groups excluding tert-OH is 1. The third kappa shape index (κ3) is 58.6. The molecule has 0 aromatic rings. The van der Waals surface area contributed by atoms with Gasteiger partial charge in [-0.05, 0) is 116 Å². The topological polar surface area (TPSA) is 72.8 Å². The van der Waals surface area contributed by atoms with Gasteiger partial charge in [0.05, 0.1) is 6.61 Å². The second kappa shape index (κ2) is 61.3. The Morgan fingerprint density at radius 1 is 0.333 bits per heavy atom. The lowest BCUT2D eigenvalue weighted by Gasteiger charge is -2.15. The van der Waals surface area contributed by atoms with Crippen molar-refractivity contribution in [3.05, 3.63) is 134 Å². The zero-order valence-corrected chi connectivity index (χ0v) is 46.6. The molecule has 0 aliphatic heterocycles. The molecule has 1 N–H and O–H groups in total. The molecule has 0 heterocycles. The molecule has 0 aliphatic rings. The Hall–Kier alpha value is -3.96. The SMILES string of the molecule is CC/C=C\C/C=C\C/C=C\C/C=C\C/C=C\C/C=C\C/C=C\C/C=C\C/C=C\CCCCCCCCCCCCCC(=O)OC(CO)COC(=O)CCCCCCCCCCC/C=C\C/C=C\CCCCC. The van der Waals surface area contributed by atoms with Crippen molar-refractivity contribution in [3.63, 3.8) is 0 Å². The molecule has 0 saturated heterocycles. The predicted octanol–water partition coefficient (Wildman–Crippen LogP) is 20.4. The van der Waals surface area contributed by atoms with Gasteiger partial charge in [-0.3, -0.25) is 9.59 Å². The standard InChI is InChI=1S/C67H110O5/c1-3-5-7-9-11-13-15-17-19-21-23-24-25-26-27-28-29-30-31-32-33-34-35-36-37-38-39-40-41-42-44-46-48-50-52-54-56-58-60-62-67(70)72-65(63-68)64-71-66(69)61-59-57-55-53-51-49-47-45-43-22-20-18-16-14-12-10-8-6-4-2/h5,7,11-14,17-20,23-24,26-27,29-30,32-33,35-36,38-39,65,68H,3-4,6,8-10,15-16,21-22,25,28,31,34,37,40-64H2,1-2H3/b7-5-,13-11-,14-12-,19-17-,20-18-,24-23-,27-26-,30-29-,33-32-,36-35-,39-38-. The summed E-state index contributed by atoms with van der Waals surface area (Å²) in [6, 6.07) is 0. The summed E-state index contributed by atoms with van der Waals surface area (Å²) in [4.78, 5) is 24.5. The van der Waals surface area contributed by atoms with Crippen LogP contribution >= 0.6 is 0 Å². The van der Waals surface area contributed by atoms with Gasteiger partial charge >= 0.3 is 11.9 Å². The van der Waals surface area contributed by atoms with E-state index < -0.39 is 6.10 Å². The van der Waals surface area contributed by atoms with E-state index in [2.05, 4.69) is 148 Å². The Labute approximate surface area is 445 Å². The summed E-state index contributed by atoms with van der Waals surface area (Å²) < 4.78 is 10.7. The number of carbonyl (C=O) groups excluding carboxylic acids is 2. The average molecular weight is 996 g/mol. The molecule has 0 aromatic heterocycles. The third-order valence-electron chi connectivity index (χ3n) is 12.4. The van der Waals surface area contributed by atoms with Crippen LogP contribution in [0.5, 0.6) is 0 Å². The van der Waals surface area contributed by atoms with Crippen LogP contribution in [0.15, 0.2) is 134 Å². The molecule has 0 rings (SSSR count). The lowest BCUT2D eigenvalue weighted by atomic mass is 10.0. The highest BCUT2D eigenvalue weighted by Gasteiger charge is 2.16. The van der Waals surface area contributed by atoms with Crippen molar-refractivity contribution in [2.45, 2.75) is 264 Å². The van der Waals surface area contributed by atoms with Crippen LogP contribution < -0.4 is 0 Å². The van der Waals surface area contributed by atoms with Crippen LogP contribution in [0.4, 0.5) is 0 Å². The summed E-state index contributed by atoms with van der Waals surface area (Å²) in [6.07, 6.45) is 91.4. The van der Waals surface area contributed by atoms with Crippen LogP contribution in [0.25, 0.3) is 0 Å². The monoisotopic (exact) mass is 995 g/mol. The van der Waals surface area contributed by atoms with Gasteiger partial charge in [0.2, 0.25) is 0 Å². The molecule has 0 radical (unpaired) electrons. The third-order valence-corrected chi connectivity index (χ3v) is 12.4. The van der Waals surface area contributed by atoms with Crippen molar-refractivity contribution < 1.29 is 24.2 Å². The molecule has 0 aromatic carbocycles. The molecule has 0 spiro atoms. The fraction of sp³-hybridized carbons (Fsp3) is 0.642. The van der Waals surface area contributed by atoms with E-state index in [9.17, 15) is 14.7 Å². The van der Waals surface area contributed by atoms with Gasteiger partial charge in [-0.2, -0.15) is 0 Å². The maximum absolute atomic E-state index is 12.3. The molecule has 0 saturated carbocycles. The Bertz CT molecular complexity index is 1500. The Morgan fingerprint density at radius 3 is 0.903 bits per heavy atom. The number of hydrogen-bond donors (Lipinski definition) is 1. The predicted molar refractivity (Wildman–Crippen MR) is 315 cm³/mol. The first-order valence-electron chi connectivity index (χ1n) is 29.7. The Kier molecular flexibility index (Phi) is 58.0. The second-order valence-electron chi connectivity index (χ2n) is 19.3. The van der Waals surface area contributed by atoms with Crippen molar-refractivity contribution in [2.24, 2.45) is 0 Å². The van der Waals surface area contributed by atoms with Gasteiger partial charge in [0.1, 0.15) is 6.61 Å². The molecule has 1 unspecified atom stereocenters. The summed E-state index contributed by atoms with van der Waals surface area (Å²) in [5, 5.41) is 9.66. The van der Waals surface area contributed by atoms with Crippen LogP contribution in [0, 0.1) is 0 Å². The first kappa shape index (κ1) is 68.0. The van der Waals surface area contributed by atoms with E-state index in [4.69, 9.17) is 9.47 Å². The number of hydrogen-bond acceptors (Lipinski definition) is 5. The van der Waals surface area contributed by atoms with E-state index in [0.29, 0.717) is 12.8 Å². The van der Waals surface area contributed by atoms with Gasteiger partial charge < -0.3 is 14.6 Å². The first-order valence-corrected chi connectivity index (χ1v) is 29.7. The molecule has 0 amide bonds. The molecule has 5 heteroatoms. The summed E-state index contributed by atoms with van der Waals surface area (Å²) in [7, 11) is 0. The van der Waals surface area contributed by atoms with Gasteiger partial charge in [-0.15, -0.1) is 0 Å². The fourth-order valence-electron chi connectivity index (χ4n) is 7.99. The van der Waals surface area contributed by atoms with Gasteiger partial charge in [-0.25, -0.2) is 0 Å². The number of aliphatic hydroxyl groups is 1. The number of unbranched alkanes of at least 4 members (excludes halogenated alkanes) is 23. The van der Waals surface area contributed by atoms with Crippen LogP contribution in [0.3, 0.4) is 0 Å². The molecule has 0 aliphatic carbocycles. The van der Waals surface area contributed by atoms with Crippen molar-refractivity contribution in [2.75, 3.05) is 13.2 Å². The summed E-state index contributed by atoms with van der Waals surface area (Å²) >= 11 is 0. The van der Waals surface area contributed by atoms with Crippen LogP contribution in [0.2, 0.25) is 0 Å². The zero-order chi connectivity index (χ0) is 52.0. The van der Waals surface area contributed by atoms with Gasteiger partial charge in [0.15, 0.2) is 6.10 Å². The Morgan fingerprint density at radius 2 is 0.597 bits per heavy atom. The second-order valence-corrected chi connectivity index (χ2v) is 19.3. The number of carbonyl (C=O) groups is 2. The number of ether oxygens (including phenoxy) is 2. The highest BCUT2D eigenvalue weighted by Crippen LogP contribution is 2.15. The fourth-order valence-corrected chi connectivity index (χ4v) is 7.99. The van der Waals surface area contributed by atoms with Crippen LogP contribution in [0.1, 0.15) is 258 Å². The highest BCUT2D eigenvalue weighted by molar-refractivity contribution is 5.70. The smallest absolute Gasteiger partial charge is 0.306 e. The minimum atomic E-state index is -0.784. The first-order chi connectivity index (χ1) is 35.6. The number of allylic oxidation sites excluding steroid dienone is 22. The minimum Gasteiger partial charge on any atom is -0.462 e. The van der Waals surface area contributed by atoms with Gasteiger partial charge in [0.25, 0.3) is 0 Å². The molecule has 5 nitrogen and oxygen atoms in total. The maximum Gasteiger partial charge on any atom is 0.306 e. The molecule has 0 fully saturated rings. The van der Waals surface area contributed by atoms with Gasteiger partial charge in [-0.1, -0.05) is 263 Å². The van der Waals surface area contributed by atoms with Crippen molar-refractivity contribution >= 4 is 11.9 Å². The van der Waals surface area contributed by atoms with Crippen molar-refractivity contribution in [1.82, 2.24) is 0 Å². The quantitative estimate of drug-likeness (QED) is 0.0373. The van der Waals surface area contributed by atoms with E-state index in [1.807, 2.05) is 0 Å². The van der Waals surface area contributed by atoms with Crippen molar-refractivity contribution in [1.29, 1.82) is 0 Å². The van der Waals surface area contributed by atoms with E-state index >= 15 is 0 Å². The zero-order valence-electron chi connectivity index (χ0n) is 46.6. The lowest BCUT2D eigenvalue weighted by Crippen LogP contribution is -2.28. The number of rotatable bonds is 53. The summed E-state index contributed by atoms with van der Waals surface area (Å²) in [5.74, 6) is -0.601. The molecule has 72 heavy (non-hydrogen) atoms. The van der Waals surface area contributed by atoms with E-state index in [-0.39, 0.29) is 25.2 Å². The number of esters is 2. The molecular formula is C67H110O5. The summed E-state index contributed by atoms with van der Waals surface area (Å²) in [5.41, 5.74) is 0. The maximum atomic E-state index is 12.3. The van der Waals surface area contributed by atoms with E-state index in [1.165, 1.54) is 128 Å². The largest absolute Gasteiger partial charge is 0.462 e. The highest BCUT2D eigenvalue weighted by atomic mass is 16.6. The lowest BCUT2D eigenvalue weighted by molar-refractivity contribution is -0.161. The Balaban J connectivity index is 3.56. The molecule has 1 atom stereocenters. The van der Waals surface area contributed by atoms with Crippen molar-refractivity contribution in [3.8, 4) is 0 Å². The van der Waals surface area contributed by atoms with E-state index in [1.54, 1.807) is 0 Å². The molecular weight excluding hydrogens is 885 g/mol. The van der Waals surface area contributed by atoms with E-state index in [0.717, 1.165) is 103 Å². The van der Waals surface area contributed by atoms with Crippen LogP contribution in [-0.2, 0) is 19.1 Å². The average Bonchev–Trinajstić information content (AvgIpc) is 3.38. The minimum absolute atomic E-state index is 0.0747. The van der Waals surface area contributed by atoms with Crippen LogP contribution in [-0.4, -0.2) is 36.4 Å². The summed E-state index contributed by atoms with van der Waals surface area (Å²) in [6.45, 7) is 4.00. The van der Waals surface area contributed by atoms with Gasteiger partial charge in [0, 0.05) is 12.8 Å². The normalized spacial score (nSPS) is 13.2.